The van der Waals surface area contributed by atoms with Crippen molar-refractivity contribution < 1.29 is 27.5 Å². The molecule has 2 atom stereocenters. The molecular formula is C21H22ClF3N4O3. The van der Waals surface area contributed by atoms with Crippen LogP contribution in [0.4, 0.5) is 13.2 Å². The van der Waals surface area contributed by atoms with E-state index in [1.54, 1.807) is 24.3 Å². The summed E-state index contributed by atoms with van der Waals surface area (Å²) >= 11 is 5.91. The van der Waals surface area contributed by atoms with E-state index < -0.39 is 18.2 Å². The summed E-state index contributed by atoms with van der Waals surface area (Å²) in [7, 11) is 1.43. The number of carbonyl (C=O) groups is 1. The van der Waals surface area contributed by atoms with Crippen LogP contribution in [-0.2, 0) is 4.84 Å². The Kier molecular flexibility index (Phi) is 7.55. The normalized spacial score (nSPS) is 18.8. The number of nitrogens with zero attached hydrogens (tertiary/aromatic N) is 3. The summed E-state index contributed by atoms with van der Waals surface area (Å²) in [6.07, 6.45) is -2.38. The monoisotopic (exact) mass is 470 g/mol. The molecule has 1 amide bonds. The molecule has 0 aliphatic heterocycles. The molecule has 11 heteroatoms. The van der Waals surface area contributed by atoms with Gasteiger partial charge in [0.05, 0.1) is 18.0 Å². The fraction of sp³-hybridized carbons (Fsp3) is 0.429. The summed E-state index contributed by atoms with van der Waals surface area (Å²) in [5.41, 5.74) is 1.19. The molecule has 7 nitrogen and oxygen atoms in total. The first-order valence-corrected chi connectivity index (χ1v) is 10.3. The Bertz CT molecular complexity index is 983. The van der Waals surface area contributed by atoms with Crippen LogP contribution in [0.1, 0.15) is 43.2 Å². The van der Waals surface area contributed by atoms with Crippen molar-refractivity contribution >= 4 is 23.2 Å². The third kappa shape index (κ3) is 5.87. The van der Waals surface area contributed by atoms with Crippen molar-refractivity contribution in [2.24, 2.45) is 5.16 Å². The molecule has 0 radical (unpaired) electrons. The fourth-order valence-corrected chi connectivity index (χ4v) is 3.36. The zero-order valence-corrected chi connectivity index (χ0v) is 18.2. The highest BCUT2D eigenvalue weighted by atomic mass is 35.5. The largest absolute Gasteiger partial charge is 0.477 e. The lowest BCUT2D eigenvalue weighted by Crippen LogP contribution is -2.43. The molecule has 2 aromatic rings. The molecule has 2 unspecified atom stereocenters. The zero-order valence-electron chi connectivity index (χ0n) is 17.4. The van der Waals surface area contributed by atoms with Gasteiger partial charge in [0.2, 0.25) is 5.82 Å². The van der Waals surface area contributed by atoms with Crippen molar-refractivity contribution in [3.63, 3.8) is 0 Å². The summed E-state index contributed by atoms with van der Waals surface area (Å²) in [5, 5.41) is 7.24. The molecular weight excluding hydrogens is 449 g/mol. The van der Waals surface area contributed by atoms with Crippen LogP contribution in [0.15, 0.2) is 35.6 Å². The van der Waals surface area contributed by atoms with Crippen LogP contribution in [0.3, 0.4) is 0 Å². The number of benzene rings is 1. The van der Waals surface area contributed by atoms with Gasteiger partial charge < -0.3 is 14.9 Å². The highest BCUT2D eigenvalue weighted by Crippen LogP contribution is 2.32. The minimum Gasteiger partial charge on any atom is -0.477 e. The number of rotatable bonds is 6. The average Bonchev–Trinajstić information content (AvgIpc) is 2.75. The first kappa shape index (κ1) is 23.8. The number of nitrogens with one attached hydrogen (secondary N) is 1. The van der Waals surface area contributed by atoms with Crippen LogP contribution in [0.25, 0.3) is 11.3 Å². The van der Waals surface area contributed by atoms with Crippen molar-refractivity contribution in [2.45, 2.75) is 50.9 Å². The second kappa shape index (κ2) is 10.2. The number of amides is 1. The van der Waals surface area contributed by atoms with Crippen LogP contribution in [0.5, 0.6) is 5.75 Å². The Balaban J connectivity index is 1.91. The Morgan fingerprint density at radius 1 is 1.28 bits per heavy atom. The molecule has 1 saturated carbocycles. The highest BCUT2D eigenvalue weighted by Gasteiger charge is 2.38. The third-order valence-electron chi connectivity index (χ3n) is 4.93. The van der Waals surface area contributed by atoms with Crippen molar-refractivity contribution in [1.29, 1.82) is 0 Å². The Hall–Kier alpha value is -2.88. The van der Waals surface area contributed by atoms with Crippen molar-refractivity contribution in [2.75, 3.05) is 7.11 Å². The molecule has 32 heavy (non-hydrogen) atoms. The maximum Gasteiger partial charge on any atom is 0.425 e. The summed E-state index contributed by atoms with van der Waals surface area (Å²) in [6, 6.07) is 5.93. The van der Waals surface area contributed by atoms with E-state index in [2.05, 4.69) is 20.4 Å². The number of aromatic nitrogens is 2. The van der Waals surface area contributed by atoms with E-state index in [1.807, 2.05) is 0 Å². The van der Waals surface area contributed by atoms with Gasteiger partial charge in [-0.1, -0.05) is 35.3 Å². The van der Waals surface area contributed by atoms with Crippen molar-refractivity contribution in [1.82, 2.24) is 15.3 Å². The number of hydrogen-bond acceptors (Lipinski definition) is 6. The quantitative estimate of drug-likeness (QED) is 0.613. The minimum absolute atomic E-state index is 0.0485. The van der Waals surface area contributed by atoms with Gasteiger partial charge in [0.15, 0.2) is 11.9 Å². The van der Waals surface area contributed by atoms with E-state index >= 15 is 0 Å². The second-order valence-electron chi connectivity index (χ2n) is 7.25. The van der Waals surface area contributed by atoms with Crippen LogP contribution >= 0.6 is 11.6 Å². The number of ether oxygens (including phenoxy) is 1. The molecule has 1 aromatic heterocycles. The van der Waals surface area contributed by atoms with Crippen molar-refractivity contribution in [3.8, 4) is 17.0 Å². The summed E-state index contributed by atoms with van der Waals surface area (Å²) in [5.74, 6) is -0.983. The van der Waals surface area contributed by atoms with Gasteiger partial charge in [0, 0.05) is 10.6 Å². The molecule has 1 fully saturated rings. The van der Waals surface area contributed by atoms with Gasteiger partial charge in [-0.25, -0.2) is 9.97 Å². The molecule has 0 bridgehead atoms. The first-order chi connectivity index (χ1) is 15.2. The first-order valence-electron chi connectivity index (χ1n) is 9.96. The molecule has 3 rings (SSSR count). The molecule has 0 spiro atoms. The van der Waals surface area contributed by atoms with Crippen LogP contribution in [0.2, 0.25) is 5.02 Å². The van der Waals surface area contributed by atoms with Crippen LogP contribution in [0, 0.1) is 0 Å². The number of alkyl halides is 3. The smallest absolute Gasteiger partial charge is 0.425 e. The minimum atomic E-state index is -4.58. The number of halogens is 4. The lowest BCUT2D eigenvalue weighted by molar-refractivity contribution is -0.189. The summed E-state index contributed by atoms with van der Waals surface area (Å²) in [6.45, 7) is 0.881. The highest BCUT2D eigenvalue weighted by molar-refractivity contribution is 6.30. The van der Waals surface area contributed by atoms with E-state index in [1.165, 1.54) is 7.11 Å². The van der Waals surface area contributed by atoms with Gasteiger partial charge in [0.25, 0.3) is 5.91 Å². The summed E-state index contributed by atoms with van der Waals surface area (Å²) in [4.78, 5) is 25.8. The predicted molar refractivity (Wildman–Crippen MR) is 113 cm³/mol. The Labute approximate surface area is 188 Å². The van der Waals surface area contributed by atoms with E-state index in [-0.39, 0.29) is 23.3 Å². The lowest BCUT2D eigenvalue weighted by Gasteiger charge is -2.24. The zero-order chi connectivity index (χ0) is 23.3. The second-order valence-corrected chi connectivity index (χ2v) is 7.69. The van der Waals surface area contributed by atoms with Gasteiger partial charge in [-0.2, -0.15) is 13.2 Å². The molecule has 0 saturated heterocycles. The summed E-state index contributed by atoms with van der Waals surface area (Å²) < 4.78 is 44.1. The Morgan fingerprint density at radius 2 is 2.00 bits per heavy atom. The molecule has 1 N–H and O–H groups in total. The maximum absolute atomic E-state index is 13.0. The van der Waals surface area contributed by atoms with Crippen LogP contribution in [-0.4, -0.2) is 47.0 Å². The number of oxime groups is 1. The fourth-order valence-electron chi connectivity index (χ4n) is 3.24. The average molecular weight is 471 g/mol. The lowest BCUT2D eigenvalue weighted by atomic mass is 9.93. The maximum atomic E-state index is 13.0. The number of carbonyl (C=O) groups excluding carboxylic acids is 1. The SMILES string of the molecule is CO/N=C1/CCCCC1NC(=O)c1ncc(OC(C)C(F)(F)F)c(-c2ccc(Cl)cc2)n1. The van der Waals surface area contributed by atoms with E-state index in [9.17, 15) is 18.0 Å². The van der Waals surface area contributed by atoms with Crippen molar-refractivity contribution in [3.05, 3.63) is 41.3 Å². The molecule has 172 valence electrons. The van der Waals surface area contributed by atoms with Gasteiger partial charge in [-0.05, 0) is 38.3 Å². The van der Waals surface area contributed by atoms with Gasteiger partial charge in [-0.3, -0.25) is 4.79 Å². The van der Waals surface area contributed by atoms with E-state index in [4.69, 9.17) is 21.2 Å². The molecule has 1 aliphatic rings. The predicted octanol–water partition coefficient (Wildman–Crippen LogP) is 4.80. The standard InChI is InChI=1S/C21H22ClF3N4O3/c1-12(21(23,24)25)32-17-11-26-19(28-18(17)13-7-9-14(22)10-8-13)20(30)27-15-5-3-4-6-16(15)29-31-2/h7-12,15H,3-6H2,1-2H3,(H,27,30)/b29-16-. The van der Waals surface area contributed by atoms with Gasteiger partial charge >= 0.3 is 6.18 Å². The van der Waals surface area contributed by atoms with Gasteiger partial charge in [0.1, 0.15) is 12.8 Å². The molecule has 1 aliphatic carbocycles. The van der Waals surface area contributed by atoms with E-state index in [0.717, 1.165) is 26.0 Å². The number of hydrogen-bond donors (Lipinski definition) is 1. The molecule has 1 heterocycles. The molecule has 1 aromatic carbocycles. The third-order valence-corrected chi connectivity index (χ3v) is 5.18. The Morgan fingerprint density at radius 3 is 2.66 bits per heavy atom. The topological polar surface area (TPSA) is 85.7 Å². The van der Waals surface area contributed by atoms with E-state index in [0.29, 0.717) is 29.1 Å². The van der Waals surface area contributed by atoms with Crippen LogP contribution < -0.4 is 10.1 Å². The van der Waals surface area contributed by atoms with Gasteiger partial charge in [-0.15, -0.1) is 0 Å².